The molecule has 3 heteroatoms. The second-order valence-corrected chi connectivity index (χ2v) is 5.53. The van der Waals surface area contributed by atoms with E-state index >= 15 is 0 Å². The molecular formula is C15H11BrN2. The predicted molar refractivity (Wildman–Crippen MR) is 77.8 cm³/mol. The third-order valence-electron chi connectivity index (χ3n) is 3.59. The van der Waals surface area contributed by atoms with Crippen LogP contribution in [-0.4, -0.2) is 9.38 Å². The molecule has 0 radical (unpaired) electrons. The maximum absolute atomic E-state index is 4.52. The van der Waals surface area contributed by atoms with Crippen LogP contribution in [-0.2, 0) is 6.42 Å². The highest BCUT2D eigenvalue weighted by molar-refractivity contribution is 9.10. The summed E-state index contributed by atoms with van der Waals surface area (Å²) in [5, 5.41) is 1.29. The van der Waals surface area contributed by atoms with Crippen molar-refractivity contribution in [2.45, 2.75) is 12.8 Å². The predicted octanol–water partition coefficient (Wildman–Crippen LogP) is 4.21. The van der Waals surface area contributed by atoms with Crippen LogP contribution in [0.5, 0.6) is 0 Å². The molecule has 0 fully saturated rings. The average Bonchev–Trinajstić information content (AvgIpc) is 2.88. The summed E-state index contributed by atoms with van der Waals surface area (Å²) in [4.78, 5) is 4.52. The van der Waals surface area contributed by atoms with Gasteiger partial charge in [-0.05, 0) is 36.6 Å². The Bertz CT molecular complexity index is 799. The molecule has 0 saturated heterocycles. The van der Waals surface area contributed by atoms with E-state index in [2.05, 4.69) is 55.7 Å². The Kier molecular flexibility index (Phi) is 2.12. The maximum Gasteiger partial charge on any atom is 0.141 e. The van der Waals surface area contributed by atoms with Crippen molar-refractivity contribution < 1.29 is 0 Å². The standard InChI is InChI=1S/C15H11BrN2/c16-10-5-6-14-13(9-10)11-3-1-2-4-12(11)15-17-7-8-18(14)15/h1,3,5-9H,2,4H2. The van der Waals surface area contributed by atoms with Gasteiger partial charge in [-0.15, -0.1) is 0 Å². The molecule has 0 aliphatic heterocycles. The molecule has 0 atom stereocenters. The highest BCUT2D eigenvalue weighted by Crippen LogP contribution is 2.32. The number of rotatable bonds is 0. The fourth-order valence-electron chi connectivity index (χ4n) is 2.80. The first kappa shape index (κ1) is 10.3. The molecule has 18 heavy (non-hydrogen) atoms. The van der Waals surface area contributed by atoms with Gasteiger partial charge < -0.3 is 0 Å². The van der Waals surface area contributed by atoms with Crippen LogP contribution in [0.1, 0.15) is 17.5 Å². The lowest BCUT2D eigenvalue weighted by molar-refractivity contribution is 0.982. The van der Waals surface area contributed by atoms with E-state index in [1.165, 1.54) is 22.0 Å². The number of aromatic nitrogens is 2. The van der Waals surface area contributed by atoms with E-state index in [1.54, 1.807) is 0 Å². The molecule has 1 aromatic carbocycles. The third kappa shape index (κ3) is 1.31. The Morgan fingerprint density at radius 1 is 1.28 bits per heavy atom. The lowest BCUT2D eigenvalue weighted by Gasteiger charge is -2.16. The van der Waals surface area contributed by atoms with Gasteiger partial charge >= 0.3 is 0 Å². The number of fused-ring (bicyclic) bond motifs is 6. The van der Waals surface area contributed by atoms with Crippen molar-refractivity contribution >= 4 is 38.6 Å². The Labute approximate surface area is 113 Å². The molecule has 0 spiro atoms. The Hall–Kier alpha value is -1.61. The first-order valence-corrected chi connectivity index (χ1v) is 6.87. The van der Waals surface area contributed by atoms with Gasteiger partial charge in [-0.25, -0.2) is 4.98 Å². The van der Waals surface area contributed by atoms with Gasteiger partial charge in [-0.3, -0.25) is 4.40 Å². The van der Waals surface area contributed by atoms with E-state index in [-0.39, 0.29) is 0 Å². The summed E-state index contributed by atoms with van der Waals surface area (Å²) >= 11 is 3.57. The van der Waals surface area contributed by atoms with Crippen molar-refractivity contribution in [1.29, 1.82) is 0 Å². The number of hydrogen-bond acceptors (Lipinski definition) is 1. The van der Waals surface area contributed by atoms with Crippen molar-refractivity contribution in [3.63, 3.8) is 0 Å². The van der Waals surface area contributed by atoms with Gasteiger partial charge in [0.05, 0.1) is 5.52 Å². The van der Waals surface area contributed by atoms with Crippen LogP contribution in [0.15, 0.2) is 41.1 Å². The van der Waals surface area contributed by atoms with Gasteiger partial charge in [0.15, 0.2) is 0 Å². The Morgan fingerprint density at radius 2 is 2.22 bits per heavy atom. The lowest BCUT2D eigenvalue weighted by atomic mass is 9.95. The lowest BCUT2D eigenvalue weighted by Crippen LogP contribution is -2.01. The molecule has 1 aliphatic carbocycles. The zero-order chi connectivity index (χ0) is 12.1. The molecule has 0 bridgehead atoms. The molecule has 2 aromatic heterocycles. The van der Waals surface area contributed by atoms with Crippen LogP contribution in [0.3, 0.4) is 0 Å². The monoisotopic (exact) mass is 298 g/mol. The normalized spacial score (nSPS) is 14.3. The number of nitrogens with zero attached hydrogens (tertiary/aromatic N) is 2. The topological polar surface area (TPSA) is 17.3 Å². The minimum atomic E-state index is 1.08. The van der Waals surface area contributed by atoms with Gasteiger partial charge in [-0.2, -0.15) is 0 Å². The van der Waals surface area contributed by atoms with Gasteiger partial charge in [0.1, 0.15) is 5.65 Å². The van der Waals surface area contributed by atoms with Crippen molar-refractivity contribution in [2.24, 2.45) is 0 Å². The molecule has 2 nitrogen and oxygen atoms in total. The highest BCUT2D eigenvalue weighted by atomic mass is 79.9. The number of hydrogen-bond donors (Lipinski definition) is 0. The minimum absolute atomic E-state index is 1.08. The number of pyridine rings is 1. The Balaban J connectivity index is 2.31. The number of aryl methyl sites for hydroxylation is 1. The highest BCUT2D eigenvalue weighted by Gasteiger charge is 2.15. The molecule has 0 saturated carbocycles. The first-order valence-electron chi connectivity index (χ1n) is 6.08. The van der Waals surface area contributed by atoms with Gasteiger partial charge in [0.25, 0.3) is 0 Å². The molecule has 0 N–H and O–H groups in total. The van der Waals surface area contributed by atoms with Crippen LogP contribution in [0.2, 0.25) is 0 Å². The van der Waals surface area contributed by atoms with E-state index in [4.69, 9.17) is 0 Å². The van der Waals surface area contributed by atoms with E-state index < -0.39 is 0 Å². The summed E-state index contributed by atoms with van der Waals surface area (Å²) in [6.45, 7) is 0. The van der Waals surface area contributed by atoms with Crippen molar-refractivity contribution in [1.82, 2.24) is 9.38 Å². The molecule has 0 amide bonds. The minimum Gasteiger partial charge on any atom is -0.299 e. The van der Waals surface area contributed by atoms with Crippen LogP contribution in [0, 0.1) is 0 Å². The fraction of sp³-hybridized carbons (Fsp3) is 0.133. The van der Waals surface area contributed by atoms with E-state index in [0.717, 1.165) is 23.0 Å². The van der Waals surface area contributed by atoms with Gasteiger partial charge in [0, 0.05) is 27.8 Å². The van der Waals surface area contributed by atoms with E-state index in [9.17, 15) is 0 Å². The third-order valence-corrected chi connectivity index (χ3v) is 4.08. The SMILES string of the molecule is Brc1ccc2c(c1)c1c(c3nccn32)CCC=C1. The summed E-state index contributed by atoms with van der Waals surface area (Å²) in [5.74, 6) is 0. The second-order valence-electron chi connectivity index (χ2n) is 4.62. The Morgan fingerprint density at radius 3 is 3.17 bits per heavy atom. The molecule has 88 valence electrons. The number of allylic oxidation sites excluding steroid dienone is 1. The van der Waals surface area contributed by atoms with E-state index in [0.29, 0.717) is 0 Å². The summed E-state index contributed by atoms with van der Waals surface area (Å²) in [7, 11) is 0. The molecule has 4 rings (SSSR count). The van der Waals surface area contributed by atoms with Gasteiger partial charge in [-0.1, -0.05) is 28.1 Å². The summed E-state index contributed by atoms with van der Waals surface area (Å²) < 4.78 is 3.32. The van der Waals surface area contributed by atoms with Crippen LogP contribution in [0.25, 0.3) is 22.6 Å². The average molecular weight is 299 g/mol. The zero-order valence-electron chi connectivity index (χ0n) is 9.73. The zero-order valence-corrected chi connectivity index (χ0v) is 11.3. The molecule has 0 unspecified atom stereocenters. The molecule has 2 heterocycles. The molecule has 1 aliphatic rings. The molecular weight excluding hydrogens is 288 g/mol. The largest absolute Gasteiger partial charge is 0.299 e. The van der Waals surface area contributed by atoms with Crippen molar-refractivity contribution in [3.8, 4) is 0 Å². The van der Waals surface area contributed by atoms with Crippen LogP contribution < -0.4 is 0 Å². The summed E-state index contributed by atoms with van der Waals surface area (Å²) in [5.41, 5.74) is 5.02. The number of imidazole rings is 1. The summed E-state index contributed by atoms with van der Waals surface area (Å²) in [6.07, 6.45) is 10.6. The number of halogens is 1. The number of benzene rings is 1. The first-order chi connectivity index (χ1) is 8.84. The smallest absolute Gasteiger partial charge is 0.141 e. The van der Waals surface area contributed by atoms with Crippen molar-refractivity contribution in [2.75, 3.05) is 0 Å². The fourth-order valence-corrected chi connectivity index (χ4v) is 3.16. The maximum atomic E-state index is 4.52. The molecule has 3 aromatic rings. The van der Waals surface area contributed by atoms with Crippen molar-refractivity contribution in [3.05, 3.63) is 52.3 Å². The van der Waals surface area contributed by atoms with Crippen LogP contribution >= 0.6 is 15.9 Å². The summed E-state index contributed by atoms with van der Waals surface area (Å²) in [6, 6.07) is 6.43. The van der Waals surface area contributed by atoms with Gasteiger partial charge in [0.2, 0.25) is 0 Å². The quantitative estimate of drug-likeness (QED) is 0.608. The van der Waals surface area contributed by atoms with E-state index in [1.807, 2.05) is 12.4 Å². The van der Waals surface area contributed by atoms with Crippen LogP contribution in [0.4, 0.5) is 0 Å². The second kappa shape index (κ2) is 3.69.